The third kappa shape index (κ3) is 4.47. The van der Waals surface area contributed by atoms with Crippen molar-refractivity contribution in [2.45, 2.75) is 13.3 Å². The van der Waals surface area contributed by atoms with E-state index in [1.165, 1.54) is 6.20 Å². The van der Waals surface area contributed by atoms with E-state index in [1.807, 2.05) is 0 Å². The molecule has 1 N–H and O–H groups in total. The quantitative estimate of drug-likeness (QED) is 0.819. The Kier molecular flexibility index (Phi) is 5.56. The van der Waals surface area contributed by atoms with Crippen LogP contribution >= 0.6 is 0 Å². The Hall–Kier alpha value is -3.03. The number of aromatic nitrogens is 3. The molecule has 0 unspecified atom stereocenters. The summed E-state index contributed by atoms with van der Waals surface area (Å²) in [5.41, 5.74) is 0.636. The summed E-state index contributed by atoms with van der Waals surface area (Å²) < 4.78 is 5.67. The van der Waals surface area contributed by atoms with Crippen LogP contribution in [0.2, 0.25) is 0 Å². The number of esters is 1. The fraction of sp³-hybridized carbons (Fsp3) is 0.267. The van der Waals surface area contributed by atoms with Gasteiger partial charge in [-0.2, -0.15) is 0 Å². The topological polar surface area (TPSA) is 103 Å². The van der Waals surface area contributed by atoms with Crippen molar-refractivity contribution in [2.75, 3.05) is 13.2 Å². The summed E-state index contributed by atoms with van der Waals surface area (Å²) in [4.78, 5) is 42.9. The summed E-state index contributed by atoms with van der Waals surface area (Å²) in [7, 11) is 0. The monoisotopic (exact) mass is 316 g/mol. The van der Waals surface area contributed by atoms with E-state index >= 15 is 0 Å². The Balaban J connectivity index is 2.08. The Morgan fingerprint density at radius 2 is 2.04 bits per heavy atom. The molecular formula is C15H16N4O4. The Morgan fingerprint density at radius 3 is 2.74 bits per heavy atom. The van der Waals surface area contributed by atoms with Gasteiger partial charge in [-0.1, -0.05) is 0 Å². The summed E-state index contributed by atoms with van der Waals surface area (Å²) in [5, 5.41) is 2.49. The number of carbonyl (C=O) groups is 2. The molecule has 2 rings (SSSR count). The lowest BCUT2D eigenvalue weighted by molar-refractivity contribution is -0.142. The maximum atomic E-state index is 12.0. The molecule has 2 aromatic heterocycles. The smallest absolute Gasteiger partial charge is 0.328 e. The largest absolute Gasteiger partial charge is 0.466 e. The SMILES string of the molecule is CCOC(=O)CCNC(=O)n1cc(-c2ccncc2)ncc1=O. The van der Waals surface area contributed by atoms with Gasteiger partial charge in [0.25, 0.3) is 5.56 Å². The molecule has 0 spiro atoms. The predicted molar refractivity (Wildman–Crippen MR) is 81.8 cm³/mol. The Bertz CT molecular complexity index is 743. The number of nitrogens with one attached hydrogen (secondary N) is 1. The molecule has 2 heterocycles. The molecule has 120 valence electrons. The second-order valence-corrected chi connectivity index (χ2v) is 4.50. The maximum absolute atomic E-state index is 12.0. The van der Waals surface area contributed by atoms with Crippen LogP contribution in [0.5, 0.6) is 0 Å². The van der Waals surface area contributed by atoms with Crippen molar-refractivity contribution in [2.24, 2.45) is 0 Å². The molecule has 0 atom stereocenters. The number of hydrogen-bond acceptors (Lipinski definition) is 6. The van der Waals surface area contributed by atoms with Gasteiger partial charge in [0.05, 0.1) is 24.9 Å². The zero-order chi connectivity index (χ0) is 16.7. The van der Waals surface area contributed by atoms with E-state index in [9.17, 15) is 14.4 Å². The summed E-state index contributed by atoms with van der Waals surface area (Å²) >= 11 is 0. The molecule has 0 aromatic carbocycles. The van der Waals surface area contributed by atoms with Crippen molar-refractivity contribution in [1.29, 1.82) is 0 Å². The summed E-state index contributed by atoms with van der Waals surface area (Å²) in [6, 6.07) is 2.81. The summed E-state index contributed by atoms with van der Waals surface area (Å²) in [6.07, 6.45) is 5.63. The van der Waals surface area contributed by atoms with Gasteiger partial charge in [0.1, 0.15) is 0 Å². The fourth-order valence-electron chi connectivity index (χ4n) is 1.83. The van der Waals surface area contributed by atoms with Crippen molar-refractivity contribution in [3.8, 4) is 11.3 Å². The van der Waals surface area contributed by atoms with Crippen molar-refractivity contribution in [3.63, 3.8) is 0 Å². The van der Waals surface area contributed by atoms with Gasteiger partial charge in [-0.05, 0) is 19.1 Å². The van der Waals surface area contributed by atoms with E-state index in [-0.39, 0.29) is 19.6 Å². The van der Waals surface area contributed by atoms with E-state index in [0.29, 0.717) is 5.69 Å². The van der Waals surface area contributed by atoms with Gasteiger partial charge in [-0.25, -0.2) is 14.3 Å². The molecule has 0 aliphatic rings. The standard InChI is InChI=1S/C15H16N4O4/c1-2-23-14(21)5-8-17-15(22)19-10-12(18-9-13(19)20)11-3-6-16-7-4-11/h3-4,6-7,9-10H,2,5,8H2,1H3,(H,17,22). The highest BCUT2D eigenvalue weighted by Gasteiger charge is 2.10. The van der Waals surface area contributed by atoms with Crippen molar-refractivity contribution in [1.82, 2.24) is 19.9 Å². The van der Waals surface area contributed by atoms with E-state index in [4.69, 9.17) is 4.74 Å². The average Bonchev–Trinajstić information content (AvgIpc) is 2.56. The molecule has 2 aromatic rings. The van der Waals surface area contributed by atoms with Gasteiger partial charge in [-0.15, -0.1) is 0 Å². The van der Waals surface area contributed by atoms with Crippen molar-refractivity contribution >= 4 is 12.0 Å². The van der Waals surface area contributed by atoms with E-state index in [2.05, 4.69) is 15.3 Å². The van der Waals surface area contributed by atoms with E-state index < -0.39 is 17.6 Å². The molecule has 0 bridgehead atoms. The van der Waals surface area contributed by atoms with Crippen LogP contribution in [0.4, 0.5) is 4.79 Å². The Labute approximate surface area is 132 Å². The molecule has 0 radical (unpaired) electrons. The zero-order valence-electron chi connectivity index (χ0n) is 12.6. The lowest BCUT2D eigenvalue weighted by Crippen LogP contribution is -2.37. The van der Waals surface area contributed by atoms with Crippen molar-refractivity contribution < 1.29 is 14.3 Å². The number of nitrogens with zero attached hydrogens (tertiary/aromatic N) is 3. The summed E-state index contributed by atoms with van der Waals surface area (Å²) in [5.74, 6) is -0.410. The van der Waals surface area contributed by atoms with Crippen LogP contribution in [0.15, 0.2) is 41.7 Å². The lowest BCUT2D eigenvalue weighted by Gasteiger charge is -2.08. The second-order valence-electron chi connectivity index (χ2n) is 4.50. The first-order valence-corrected chi connectivity index (χ1v) is 7.04. The third-order valence-electron chi connectivity index (χ3n) is 2.91. The summed E-state index contributed by atoms with van der Waals surface area (Å²) in [6.45, 7) is 2.07. The number of pyridine rings is 1. The minimum absolute atomic E-state index is 0.0383. The van der Waals surface area contributed by atoms with Gasteiger partial charge >= 0.3 is 12.0 Å². The predicted octanol–water partition coefficient (Wildman–Crippen LogP) is 0.816. The van der Waals surface area contributed by atoms with Crippen molar-refractivity contribution in [3.05, 3.63) is 47.3 Å². The van der Waals surface area contributed by atoms with Crippen LogP contribution in [0.25, 0.3) is 11.3 Å². The normalized spacial score (nSPS) is 10.1. The van der Waals surface area contributed by atoms with Gasteiger partial charge in [-0.3, -0.25) is 14.6 Å². The highest BCUT2D eigenvalue weighted by Crippen LogP contribution is 2.12. The molecule has 0 aliphatic heterocycles. The number of ether oxygens (including phenoxy) is 1. The van der Waals surface area contributed by atoms with E-state index in [0.717, 1.165) is 16.3 Å². The highest BCUT2D eigenvalue weighted by atomic mass is 16.5. The van der Waals surface area contributed by atoms with Gasteiger partial charge < -0.3 is 10.1 Å². The molecule has 0 saturated carbocycles. The van der Waals surface area contributed by atoms with Crippen LogP contribution < -0.4 is 10.9 Å². The number of amides is 1. The van der Waals surface area contributed by atoms with E-state index in [1.54, 1.807) is 31.5 Å². The number of carbonyl (C=O) groups excluding carboxylic acids is 2. The molecule has 8 heteroatoms. The van der Waals surface area contributed by atoms with Crippen LogP contribution in [0.3, 0.4) is 0 Å². The number of hydrogen-bond donors (Lipinski definition) is 1. The minimum atomic E-state index is -0.628. The second kappa shape index (κ2) is 7.83. The molecule has 0 aliphatic carbocycles. The average molecular weight is 316 g/mol. The molecule has 0 fully saturated rings. The first-order chi connectivity index (χ1) is 11.1. The van der Waals surface area contributed by atoms with Gasteiger partial charge in [0.2, 0.25) is 0 Å². The van der Waals surface area contributed by atoms with Crippen LogP contribution in [-0.2, 0) is 9.53 Å². The molecule has 1 amide bonds. The third-order valence-corrected chi connectivity index (χ3v) is 2.91. The lowest BCUT2D eigenvalue weighted by atomic mass is 10.2. The number of rotatable bonds is 5. The van der Waals surface area contributed by atoms with Crippen LogP contribution in [0.1, 0.15) is 13.3 Å². The molecular weight excluding hydrogens is 300 g/mol. The highest BCUT2D eigenvalue weighted by molar-refractivity contribution is 5.78. The van der Waals surface area contributed by atoms with Gasteiger partial charge in [0, 0.05) is 30.7 Å². The first kappa shape index (κ1) is 16.3. The maximum Gasteiger partial charge on any atom is 0.328 e. The van der Waals surface area contributed by atoms with Crippen LogP contribution in [0, 0.1) is 0 Å². The van der Waals surface area contributed by atoms with Gasteiger partial charge in [0.15, 0.2) is 0 Å². The molecule has 23 heavy (non-hydrogen) atoms. The minimum Gasteiger partial charge on any atom is -0.466 e. The molecule has 8 nitrogen and oxygen atoms in total. The first-order valence-electron chi connectivity index (χ1n) is 7.04. The molecule has 0 saturated heterocycles. The van der Waals surface area contributed by atoms with Crippen LogP contribution in [-0.4, -0.2) is 39.7 Å². The zero-order valence-corrected chi connectivity index (χ0v) is 12.6. The fourth-order valence-corrected chi connectivity index (χ4v) is 1.83. The Morgan fingerprint density at radius 1 is 1.30 bits per heavy atom.